The third kappa shape index (κ3) is 3.81. The van der Waals surface area contributed by atoms with Crippen molar-refractivity contribution in [1.82, 2.24) is 5.32 Å². The van der Waals surface area contributed by atoms with E-state index in [4.69, 9.17) is 0 Å². The number of hydrogen-bond acceptors (Lipinski definition) is 3. The molecule has 124 valence electrons. The monoisotopic (exact) mass is 335 g/mol. The Kier molecular flexibility index (Phi) is 5.17. The summed E-state index contributed by atoms with van der Waals surface area (Å²) in [5, 5.41) is 3.41. The predicted octanol–water partition coefficient (Wildman–Crippen LogP) is 2.98. The zero-order valence-corrected chi connectivity index (χ0v) is 13.2. The number of alkyl halides is 3. The molecule has 0 heterocycles. The fraction of sp³-hybridized carbons (Fsp3) is 0.600. The molecule has 3 nitrogen and oxygen atoms in total. The van der Waals surface area contributed by atoms with Crippen LogP contribution in [0, 0.1) is 0 Å². The summed E-state index contributed by atoms with van der Waals surface area (Å²) in [5.74, 6) is -0.966. The molecular weight excluding hydrogens is 315 g/mol. The minimum Gasteiger partial charge on any atom is -0.314 e. The molecule has 1 aliphatic rings. The lowest BCUT2D eigenvalue weighted by Crippen LogP contribution is -2.35. The van der Waals surface area contributed by atoms with Gasteiger partial charge in [-0.1, -0.05) is 25.1 Å². The summed E-state index contributed by atoms with van der Waals surface area (Å²) >= 11 is 0. The number of rotatable bonds is 5. The van der Waals surface area contributed by atoms with Crippen LogP contribution in [0.2, 0.25) is 0 Å². The summed E-state index contributed by atoms with van der Waals surface area (Å²) in [4.78, 5) is 0. The lowest BCUT2D eigenvalue weighted by molar-refractivity contribution is -0.0437. The van der Waals surface area contributed by atoms with E-state index in [0.717, 1.165) is 36.9 Å². The number of nitrogens with one attached hydrogen (secondary N) is 1. The Bertz CT molecular complexity index is 626. The Hall–Kier alpha value is -1.08. The largest absolute Gasteiger partial charge is 0.497 e. The summed E-state index contributed by atoms with van der Waals surface area (Å²) in [6.07, 6.45) is 3.18. The van der Waals surface area contributed by atoms with Crippen molar-refractivity contribution in [2.75, 3.05) is 6.54 Å². The van der Waals surface area contributed by atoms with Crippen LogP contribution >= 0.6 is 0 Å². The third-order valence-electron chi connectivity index (χ3n) is 3.96. The minimum absolute atomic E-state index is 0.281. The molecule has 1 aliphatic carbocycles. The van der Waals surface area contributed by atoms with Crippen molar-refractivity contribution in [1.29, 1.82) is 0 Å². The topological polar surface area (TPSA) is 46.2 Å². The summed E-state index contributed by atoms with van der Waals surface area (Å²) < 4.78 is 60.4. The molecular formula is C15H20F3NO2S. The molecule has 0 fully saturated rings. The molecule has 1 aromatic carbocycles. The standard InChI is InChI=1S/C15H20F3NO2S/c1-2-8-19-13-6-7-14-11(9-13)4-3-5-12(14)10-22(20,21)15(16,17)18/h3-5,13,19H,2,6-10H2,1H3/t13-/m0/s1. The molecule has 2 rings (SSSR count). The van der Waals surface area contributed by atoms with Gasteiger partial charge in [0, 0.05) is 6.04 Å². The molecule has 0 saturated carbocycles. The van der Waals surface area contributed by atoms with Gasteiger partial charge in [-0.3, -0.25) is 0 Å². The van der Waals surface area contributed by atoms with Gasteiger partial charge in [0.1, 0.15) is 0 Å². The van der Waals surface area contributed by atoms with E-state index in [9.17, 15) is 21.6 Å². The van der Waals surface area contributed by atoms with Gasteiger partial charge in [0.2, 0.25) is 0 Å². The summed E-state index contributed by atoms with van der Waals surface area (Å²) in [7, 11) is -5.13. The van der Waals surface area contributed by atoms with E-state index in [0.29, 0.717) is 12.5 Å². The highest BCUT2D eigenvalue weighted by Crippen LogP contribution is 2.31. The number of sulfone groups is 1. The summed E-state index contributed by atoms with van der Waals surface area (Å²) in [5.41, 5.74) is -3.20. The van der Waals surface area contributed by atoms with E-state index >= 15 is 0 Å². The first-order valence-corrected chi connectivity index (χ1v) is 9.02. The normalized spacial score (nSPS) is 19.0. The average molecular weight is 335 g/mol. The first-order valence-electron chi connectivity index (χ1n) is 7.36. The van der Waals surface area contributed by atoms with Crippen LogP contribution < -0.4 is 5.32 Å². The van der Waals surface area contributed by atoms with Crippen LogP contribution in [-0.2, 0) is 28.4 Å². The van der Waals surface area contributed by atoms with Gasteiger partial charge in [-0.2, -0.15) is 13.2 Å². The minimum atomic E-state index is -5.20. The molecule has 0 amide bonds. The van der Waals surface area contributed by atoms with Crippen molar-refractivity contribution < 1.29 is 21.6 Å². The molecule has 1 N–H and O–H groups in total. The van der Waals surface area contributed by atoms with Gasteiger partial charge in [0.15, 0.2) is 0 Å². The Balaban J connectivity index is 2.21. The molecule has 0 aliphatic heterocycles. The maximum absolute atomic E-state index is 12.6. The van der Waals surface area contributed by atoms with Crippen molar-refractivity contribution in [2.24, 2.45) is 0 Å². The van der Waals surface area contributed by atoms with E-state index in [1.165, 1.54) is 6.07 Å². The van der Waals surface area contributed by atoms with Crippen LogP contribution in [-0.4, -0.2) is 26.5 Å². The third-order valence-corrected chi connectivity index (χ3v) is 5.36. The van der Waals surface area contributed by atoms with Crippen LogP contribution in [0.1, 0.15) is 36.5 Å². The summed E-state index contributed by atoms with van der Waals surface area (Å²) in [6, 6.07) is 5.31. The van der Waals surface area contributed by atoms with Crippen molar-refractivity contribution in [3.05, 3.63) is 34.9 Å². The van der Waals surface area contributed by atoms with E-state index in [1.54, 1.807) is 6.07 Å². The lowest BCUT2D eigenvalue weighted by atomic mass is 9.86. The smallest absolute Gasteiger partial charge is 0.314 e. The van der Waals surface area contributed by atoms with Gasteiger partial charge in [-0.25, -0.2) is 8.42 Å². The number of hydrogen-bond donors (Lipinski definition) is 1. The van der Waals surface area contributed by atoms with E-state index in [1.807, 2.05) is 6.07 Å². The second-order valence-electron chi connectivity index (χ2n) is 5.65. The average Bonchev–Trinajstić information content (AvgIpc) is 2.43. The van der Waals surface area contributed by atoms with E-state index in [-0.39, 0.29) is 5.56 Å². The highest BCUT2D eigenvalue weighted by atomic mass is 32.2. The van der Waals surface area contributed by atoms with Crippen LogP contribution in [0.15, 0.2) is 18.2 Å². The SMILES string of the molecule is CCCN[C@H]1CCc2c(cccc2CS(=O)(=O)C(F)(F)F)C1. The zero-order valence-electron chi connectivity index (χ0n) is 12.4. The molecule has 0 spiro atoms. The second kappa shape index (κ2) is 6.58. The Morgan fingerprint density at radius 3 is 2.68 bits per heavy atom. The van der Waals surface area contributed by atoms with Crippen molar-refractivity contribution in [2.45, 2.75) is 49.9 Å². The number of halogens is 3. The van der Waals surface area contributed by atoms with Gasteiger partial charge in [0.05, 0.1) is 5.75 Å². The Labute approximate surface area is 128 Å². The van der Waals surface area contributed by atoms with Crippen molar-refractivity contribution in [3.8, 4) is 0 Å². The Morgan fingerprint density at radius 2 is 2.05 bits per heavy atom. The molecule has 0 bridgehead atoms. The fourth-order valence-corrected chi connectivity index (χ4v) is 3.67. The molecule has 0 aromatic heterocycles. The molecule has 0 radical (unpaired) electrons. The maximum Gasteiger partial charge on any atom is 0.497 e. The van der Waals surface area contributed by atoms with E-state index in [2.05, 4.69) is 12.2 Å². The number of fused-ring (bicyclic) bond motifs is 1. The molecule has 1 atom stereocenters. The van der Waals surface area contributed by atoms with E-state index < -0.39 is 21.1 Å². The van der Waals surface area contributed by atoms with Gasteiger partial charge >= 0.3 is 5.51 Å². The molecule has 7 heteroatoms. The van der Waals surface area contributed by atoms with Gasteiger partial charge in [-0.15, -0.1) is 0 Å². The molecule has 1 aromatic rings. The number of benzene rings is 1. The van der Waals surface area contributed by atoms with Crippen LogP contribution in [0.3, 0.4) is 0 Å². The molecule has 0 unspecified atom stereocenters. The van der Waals surface area contributed by atoms with Crippen molar-refractivity contribution >= 4 is 9.84 Å². The first-order chi connectivity index (χ1) is 10.2. The van der Waals surface area contributed by atoms with Crippen molar-refractivity contribution in [3.63, 3.8) is 0 Å². The highest BCUT2D eigenvalue weighted by Gasteiger charge is 2.45. The van der Waals surface area contributed by atoms with Crippen LogP contribution in [0.5, 0.6) is 0 Å². The second-order valence-corrected chi connectivity index (χ2v) is 7.63. The summed E-state index contributed by atoms with van der Waals surface area (Å²) in [6.45, 7) is 2.98. The Morgan fingerprint density at radius 1 is 1.32 bits per heavy atom. The molecule has 0 saturated heterocycles. The maximum atomic E-state index is 12.6. The van der Waals surface area contributed by atoms with Crippen LogP contribution in [0.25, 0.3) is 0 Å². The lowest BCUT2D eigenvalue weighted by Gasteiger charge is -2.27. The zero-order chi connectivity index (χ0) is 16.4. The van der Waals surface area contributed by atoms with Gasteiger partial charge < -0.3 is 5.32 Å². The quantitative estimate of drug-likeness (QED) is 0.900. The predicted molar refractivity (Wildman–Crippen MR) is 79.2 cm³/mol. The molecule has 22 heavy (non-hydrogen) atoms. The van der Waals surface area contributed by atoms with Crippen LogP contribution in [0.4, 0.5) is 13.2 Å². The van der Waals surface area contributed by atoms with Gasteiger partial charge in [-0.05, 0) is 48.9 Å². The first kappa shape index (κ1) is 17.3. The highest BCUT2D eigenvalue weighted by molar-refractivity contribution is 7.91. The van der Waals surface area contributed by atoms with Gasteiger partial charge in [0.25, 0.3) is 9.84 Å². The fourth-order valence-electron chi connectivity index (χ4n) is 2.83.